The van der Waals surface area contributed by atoms with E-state index in [-0.39, 0.29) is 0 Å². The minimum atomic E-state index is 0.336. The topological polar surface area (TPSA) is 59.3 Å². The predicted molar refractivity (Wildman–Crippen MR) is 94.9 cm³/mol. The third-order valence-electron chi connectivity index (χ3n) is 3.29. The number of anilines is 1. The fraction of sp³-hybridized carbons (Fsp3) is 0.0667. The Bertz CT molecular complexity index is 918. The van der Waals surface area contributed by atoms with E-state index in [1.165, 1.54) is 12.4 Å². The van der Waals surface area contributed by atoms with Crippen molar-refractivity contribution < 1.29 is 4.79 Å². The highest BCUT2D eigenvalue weighted by Crippen LogP contribution is 2.29. The average molecular weight is 365 g/mol. The van der Waals surface area contributed by atoms with Gasteiger partial charge in [0.05, 0.1) is 21.2 Å². The van der Waals surface area contributed by atoms with Gasteiger partial charge in [-0.25, -0.2) is 4.52 Å². The first-order valence-electron chi connectivity index (χ1n) is 6.56. The number of aromatic nitrogens is 3. The van der Waals surface area contributed by atoms with E-state index in [1.54, 1.807) is 10.6 Å². The van der Waals surface area contributed by atoms with Gasteiger partial charge in [0.1, 0.15) is 10.7 Å². The van der Waals surface area contributed by atoms with Gasteiger partial charge < -0.3 is 5.32 Å². The molecule has 5 nitrogen and oxygen atoms in total. The SMILES string of the molecule is Cc1ccc(C(=S)Nc2c(Cl)cncc2Cl)c2cc(C=O)nn12. The van der Waals surface area contributed by atoms with E-state index in [0.717, 1.165) is 16.8 Å². The molecule has 0 bridgehead atoms. The van der Waals surface area contributed by atoms with Crippen molar-refractivity contribution in [3.63, 3.8) is 0 Å². The van der Waals surface area contributed by atoms with Crippen molar-refractivity contribution in [3.05, 3.63) is 57.6 Å². The Hall–Kier alpha value is -2.02. The molecule has 0 saturated carbocycles. The molecule has 8 heteroatoms. The summed E-state index contributed by atoms with van der Waals surface area (Å²) in [4.78, 5) is 15.3. The molecule has 0 unspecified atom stereocenters. The van der Waals surface area contributed by atoms with Gasteiger partial charge in [0.25, 0.3) is 0 Å². The van der Waals surface area contributed by atoms with Crippen LogP contribution in [0.15, 0.2) is 30.6 Å². The quantitative estimate of drug-likeness (QED) is 0.563. The van der Waals surface area contributed by atoms with Crippen LogP contribution in [0.2, 0.25) is 10.0 Å². The van der Waals surface area contributed by atoms with Gasteiger partial charge in [-0.2, -0.15) is 5.10 Å². The Morgan fingerprint density at radius 1 is 1.30 bits per heavy atom. The van der Waals surface area contributed by atoms with Gasteiger partial charge in [-0.3, -0.25) is 9.78 Å². The Kier molecular flexibility index (Phi) is 4.30. The first-order chi connectivity index (χ1) is 11.0. The number of fused-ring (bicyclic) bond motifs is 1. The molecule has 0 aliphatic rings. The summed E-state index contributed by atoms with van der Waals surface area (Å²) < 4.78 is 1.67. The van der Waals surface area contributed by atoms with E-state index in [2.05, 4.69) is 15.4 Å². The number of aryl methyl sites for hydroxylation is 1. The van der Waals surface area contributed by atoms with Crippen molar-refractivity contribution in [1.82, 2.24) is 14.6 Å². The molecule has 0 radical (unpaired) electrons. The largest absolute Gasteiger partial charge is 0.344 e. The third kappa shape index (κ3) is 2.93. The lowest BCUT2D eigenvalue weighted by Crippen LogP contribution is -2.13. The highest BCUT2D eigenvalue weighted by molar-refractivity contribution is 7.81. The van der Waals surface area contributed by atoms with Gasteiger partial charge in [-0.05, 0) is 25.1 Å². The number of nitrogens with zero attached hydrogens (tertiary/aromatic N) is 3. The van der Waals surface area contributed by atoms with Crippen LogP contribution in [0.5, 0.6) is 0 Å². The molecule has 0 aromatic carbocycles. The highest BCUT2D eigenvalue weighted by atomic mass is 35.5. The number of pyridine rings is 2. The lowest BCUT2D eigenvalue weighted by atomic mass is 10.2. The van der Waals surface area contributed by atoms with Crippen LogP contribution >= 0.6 is 35.4 Å². The summed E-state index contributed by atoms with van der Waals surface area (Å²) in [6.07, 6.45) is 3.65. The standard InChI is InChI=1S/C15H10Cl2N4OS/c1-8-2-3-10(13-4-9(7-22)20-21(8)13)15(23)19-14-11(16)5-18-6-12(14)17/h2-7H,1H3,(H,18,19,23). The Labute approximate surface area is 147 Å². The number of rotatable bonds is 3. The smallest absolute Gasteiger partial charge is 0.170 e. The number of hydrogen-bond donors (Lipinski definition) is 1. The Morgan fingerprint density at radius 3 is 2.65 bits per heavy atom. The molecule has 0 aliphatic heterocycles. The van der Waals surface area contributed by atoms with Gasteiger partial charge in [0.15, 0.2) is 6.29 Å². The van der Waals surface area contributed by atoms with Crippen LogP contribution in [-0.2, 0) is 0 Å². The lowest BCUT2D eigenvalue weighted by Gasteiger charge is -2.12. The van der Waals surface area contributed by atoms with Gasteiger partial charge >= 0.3 is 0 Å². The summed E-state index contributed by atoms with van der Waals surface area (Å²) in [5.41, 5.74) is 3.16. The van der Waals surface area contributed by atoms with Gasteiger partial charge in [0, 0.05) is 23.7 Å². The zero-order valence-electron chi connectivity index (χ0n) is 11.9. The number of aldehydes is 1. The molecular weight excluding hydrogens is 355 g/mol. The molecule has 0 aliphatic carbocycles. The second-order valence-electron chi connectivity index (χ2n) is 4.80. The summed E-state index contributed by atoms with van der Waals surface area (Å²) in [6.45, 7) is 1.89. The summed E-state index contributed by atoms with van der Waals surface area (Å²) in [7, 11) is 0. The average Bonchev–Trinajstić information content (AvgIpc) is 2.96. The van der Waals surface area contributed by atoms with Crippen LogP contribution < -0.4 is 5.32 Å². The van der Waals surface area contributed by atoms with Crippen molar-refractivity contribution in [2.75, 3.05) is 5.32 Å². The normalized spacial score (nSPS) is 10.7. The molecule has 1 N–H and O–H groups in total. The summed E-state index contributed by atoms with van der Waals surface area (Å²) in [5, 5.41) is 7.98. The summed E-state index contributed by atoms with van der Waals surface area (Å²) in [5.74, 6) is 0. The van der Waals surface area contributed by atoms with Crippen molar-refractivity contribution in [1.29, 1.82) is 0 Å². The van der Waals surface area contributed by atoms with Gasteiger partial charge in [-0.1, -0.05) is 35.4 Å². The number of carbonyl (C=O) groups excluding carboxylic acids is 1. The molecule has 0 fully saturated rings. The van der Waals surface area contributed by atoms with E-state index in [1.807, 2.05) is 19.1 Å². The highest BCUT2D eigenvalue weighted by Gasteiger charge is 2.14. The summed E-state index contributed by atoms with van der Waals surface area (Å²) >= 11 is 17.7. The predicted octanol–water partition coefficient (Wildman–Crippen LogP) is 3.94. The van der Waals surface area contributed by atoms with Crippen LogP contribution in [0, 0.1) is 6.92 Å². The van der Waals surface area contributed by atoms with Crippen molar-refractivity contribution in [3.8, 4) is 0 Å². The minimum Gasteiger partial charge on any atom is -0.344 e. The maximum absolute atomic E-state index is 11.0. The first-order valence-corrected chi connectivity index (χ1v) is 7.72. The molecular formula is C15H10Cl2N4OS. The Morgan fingerprint density at radius 2 is 2.00 bits per heavy atom. The number of hydrogen-bond acceptors (Lipinski definition) is 4. The fourth-order valence-electron chi connectivity index (χ4n) is 2.18. The molecule has 0 atom stereocenters. The van der Waals surface area contributed by atoms with Crippen LogP contribution in [-0.4, -0.2) is 25.9 Å². The van der Waals surface area contributed by atoms with E-state index in [9.17, 15) is 4.79 Å². The van der Waals surface area contributed by atoms with Crippen LogP contribution in [0.3, 0.4) is 0 Å². The van der Waals surface area contributed by atoms with Crippen molar-refractivity contribution >= 4 is 57.9 Å². The zero-order valence-corrected chi connectivity index (χ0v) is 14.2. The van der Waals surface area contributed by atoms with E-state index >= 15 is 0 Å². The molecule has 23 heavy (non-hydrogen) atoms. The molecule has 3 aromatic heterocycles. The molecule has 3 aromatic rings. The van der Waals surface area contributed by atoms with Gasteiger partial charge in [0.2, 0.25) is 0 Å². The first kappa shape index (κ1) is 15.9. The zero-order chi connectivity index (χ0) is 16.6. The number of carbonyl (C=O) groups is 1. The van der Waals surface area contributed by atoms with Crippen LogP contribution in [0.1, 0.15) is 21.7 Å². The van der Waals surface area contributed by atoms with Crippen LogP contribution in [0.4, 0.5) is 5.69 Å². The molecule has 0 amide bonds. The van der Waals surface area contributed by atoms with E-state index in [0.29, 0.717) is 32.7 Å². The fourth-order valence-corrected chi connectivity index (χ4v) is 2.92. The minimum absolute atomic E-state index is 0.336. The Balaban J connectivity index is 2.06. The molecule has 0 saturated heterocycles. The van der Waals surface area contributed by atoms with E-state index in [4.69, 9.17) is 35.4 Å². The van der Waals surface area contributed by atoms with Crippen molar-refractivity contribution in [2.24, 2.45) is 0 Å². The number of thiocarbonyl (C=S) groups is 1. The molecule has 3 heterocycles. The maximum Gasteiger partial charge on any atom is 0.170 e. The molecule has 0 spiro atoms. The maximum atomic E-state index is 11.0. The monoisotopic (exact) mass is 364 g/mol. The summed E-state index contributed by atoms with van der Waals surface area (Å²) in [6, 6.07) is 5.41. The second-order valence-corrected chi connectivity index (χ2v) is 6.03. The van der Waals surface area contributed by atoms with Crippen LogP contribution in [0.25, 0.3) is 5.52 Å². The molecule has 3 rings (SSSR count). The lowest BCUT2D eigenvalue weighted by molar-refractivity contribution is 0.111. The number of nitrogens with one attached hydrogen (secondary N) is 1. The third-order valence-corrected chi connectivity index (χ3v) is 4.18. The van der Waals surface area contributed by atoms with E-state index < -0.39 is 0 Å². The van der Waals surface area contributed by atoms with Crippen molar-refractivity contribution in [2.45, 2.75) is 6.92 Å². The second kappa shape index (κ2) is 6.23. The molecule has 116 valence electrons. The number of halogens is 2. The van der Waals surface area contributed by atoms with Gasteiger partial charge in [-0.15, -0.1) is 0 Å².